The van der Waals surface area contributed by atoms with Gasteiger partial charge in [0, 0.05) is 5.25 Å². The predicted molar refractivity (Wildman–Crippen MR) is 56.1 cm³/mol. The Morgan fingerprint density at radius 3 is 2.77 bits per heavy atom. The number of carboxylic acids is 1. The molecule has 0 spiro atoms. The lowest BCUT2D eigenvalue weighted by Gasteiger charge is -2.07. The van der Waals surface area contributed by atoms with Gasteiger partial charge in [-0.2, -0.15) is 0 Å². The van der Waals surface area contributed by atoms with Crippen LogP contribution in [0, 0.1) is 0 Å². The molecule has 1 N–H and O–H groups in total. The van der Waals surface area contributed by atoms with Gasteiger partial charge in [0.2, 0.25) is 0 Å². The first-order valence-corrected chi connectivity index (χ1v) is 5.75. The van der Waals surface area contributed by atoms with Gasteiger partial charge in [0.1, 0.15) is 5.25 Å². The summed E-state index contributed by atoms with van der Waals surface area (Å²) < 4.78 is 0. The Labute approximate surface area is 83.4 Å². The van der Waals surface area contributed by atoms with E-state index in [0.29, 0.717) is 5.25 Å². The van der Waals surface area contributed by atoms with Crippen LogP contribution in [0.4, 0.5) is 0 Å². The molecule has 0 bridgehead atoms. The minimum absolute atomic E-state index is 0.299. The van der Waals surface area contributed by atoms with Crippen LogP contribution < -0.4 is 0 Å². The molecule has 1 aliphatic rings. The fourth-order valence-corrected chi connectivity index (χ4v) is 2.56. The van der Waals surface area contributed by atoms with Gasteiger partial charge >= 0.3 is 5.97 Å². The smallest absolute Gasteiger partial charge is 0.320 e. The summed E-state index contributed by atoms with van der Waals surface area (Å²) in [5, 5.41) is 8.87. The Balaban J connectivity index is 2.19. The zero-order valence-corrected chi connectivity index (χ0v) is 8.72. The maximum absolute atomic E-state index is 10.6. The average molecular weight is 200 g/mol. The molecule has 0 saturated heterocycles. The lowest BCUT2D eigenvalue weighted by Crippen LogP contribution is -2.11. The lowest BCUT2D eigenvalue weighted by atomic mass is 10.1. The van der Waals surface area contributed by atoms with Crippen LogP contribution in [0.2, 0.25) is 0 Å². The van der Waals surface area contributed by atoms with Gasteiger partial charge < -0.3 is 5.11 Å². The highest BCUT2D eigenvalue weighted by Gasteiger charge is 2.24. The summed E-state index contributed by atoms with van der Waals surface area (Å²) in [5.41, 5.74) is 0. The molecule has 0 amide bonds. The van der Waals surface area contributed by atoms with Gasteiger partial charge in [-0.15, -0.1) is 11.8 Å². The molecule has 1 heterocycles. The summed E-state index contributed by atoms with van der Waals surface area (Å²) in [6.07, 6.45) is 8.67. The largest absolute Gasteiger partial charge is 0.480 e. The molecule has 0 aromatic heterocycles. The Morgan fingerprint density at radius 1 is 1.46 bits per heavy atom. The minimum atomic E-state index is -0.709. The summed E-state index contributed by atoms with van der Waals surface area (Å²) in [4.78, 5) is 10.6. The topological polar surface area (TPSA) is 37.3 Å². The summed E-state index contributed by atoms with van der Waals surface area (Å²) in [6.45, 7) is 2.18. The van der Waals surface area contributed by atoms with Crippen LogP contribution in [-0.4, -0.2) is 21.6 Å². The summed E-state index contributed by atoms with van der Waals surface area (Å²) in [6, 6.07) is 0. The van der Waals surface area contributed by atoms with Crippen LogP contribution in [0.15, 0.2) is 12.2 Å². The Morgan fingerprint density at radius 2 is 2.23 bits per heavy atom. The zero-order valence-electron chi connectivity index (χ0n) is 7.90. The number of aliphatic carboxylic acids is 1. The molecule has 0 aliphatic carbocycles. The Hall–Kier alpha value is -0.440. The molecule has 1 aliphatic heterocycles. The van der Waals surface area contributed by atoms with Crippen molar-refractivity contribution in [1.82, 2.24) is 0 Å². The van der Waals surface area contributed by atoms with E-state index in [1.54, 1.807) is 11.8 Å². The van der Waals surface area contributed by atoms with Crippen molar-refractivity contribution in [1.29, 1.82) is 0 Å². The maximum Gasteiger partial charge on any atom is 0.320 e. The second kappa shape index (κ2) is 5.32. The van der Waals surface area contributed by atoms with Crippen molar-refractivity contribution in [2.45, 2.75) is 43.1 Å². The first-order chi connectivity index (χ1) is 6.24. The molecular formula is C10H16O2S. The average Bonchev–Trinajstić information content (AvgIpc) is 2.53. The van der Waals surface area contributed by atoms with E-state index in [4.69, 9.17) is 5.11 Å². The Bertz CT molecular complexity index is 201. The number of carbonyl (C=O) groups is 1. The van der Waals surface area contributed by atoms with E-state index in [0.717, 1.165) is 6.42 Å². The Kier molecular flexibility index (Phi) is 4.36. The van der Waals surface area contributed by atoms with Crippen molar-refractivity contribution in [3.8, 4) is 0 Å². The van der Waals surface area contributed by atoms with Crippen LogP contribution in [-0.2, 0) is 4.79 Å². The predicted octanol–water partition coefficient (Wildman–Crippen LogP) is 2.69. The van der Waals surface area contributed by atoms with Crippen LogP contribution in [0.3, 0.4) is 0 Å². The number of hydrogen-bond acceptors (Lipinski definition) is 2. The summed E-state index contributed by atoms with van der Waals surface area (Å²) >= 11 is 1.56. The quantitative estimate of drug-likeness (QED) is 0.547. The van der Waals surface area contributed by atoms with Gasteiger partial charge in [-0.1, -0.05) is 38.3 Å². The van der Waals surface area contributed by atoms with Crippen LogP contribution in [0.25, 0.3) is 0 Å². The molecule has 0 unspecified atom stereocenters. The molecule has 0 radical (unpaired) electrons. The SMILES string of the molecule is CCCCC[C@@H]1C=C[C@H](C(=O)O)S1. The van der Waals surface area contributed by atoms with Crippen LogP contribution in [0.1, 0.15) is 32.6 Å². The third-order valence-electron chi connectivity index (χ3n) is 2.16. The van der Waals surface area contributed by atoms with E-state index in [1.807, 2.05) is 12.2 Å². The highest BCUT2D eigenvalue weighted by Crippen LogP contribution is 2.30. The molecule has 74 valence electrons. The third kappa shape index (κ3) is 3.43. The van der Waals surface area contributed by atoms with Crippen molar-refractivity contribution >= 4 is 17.7 Å². The van der Waals surface area contributed by atoms with E-state index in [2.05, 4.69) is 6.92 Å². The summed E-state index contributed by atoms with van der Waals surface area (Å²) in [5.74, 6) is -0.709. The van der Waals surface area contributed by atoms with Crippen molar-refractivity contribution < 1.29 is 9.90 Å². The normalized spacial score (nSPS) is 26.5. The fraction of sp³-hybridized carbons (Fsp3) is 0.700. The molecule has 13 heavy (non-hydrogen) atoms. The van der Waals surface area contributed by atoms with Gasteiger partial charge in [0.25, 0.3) is 0 Å². The van der Waals surface area contributed by atoms with E-state index in [1.165, 1.54) is 19.3 Å². The molecule has 0 saturated carbocycles. The van der Waals surface area contributed by atoms with Crippen molar-refractivity contribution in [3.63, 3.8) is 0 Å². The molecule has 1 rings (SSSR count). The van der Waals surface area contributed by atoms with E-state index >= 15 is 0 Å². The first kappa shape index (κ1) is 10.6. The fourth-order valence-electron chi connectivity index (χ4n) is 1.40. The third-order valence-corrected chi connectivity index (χ3v) is 3.55. The van der Waals surface area contributed by atoms with Gasteiger partial charge in [-0.05, 0) is 6.42 Å². The number of hydrogen-bond donors (Lipinski definition) is 1. The molecule has 0 aromatic carbocycles. The van der Waals surface area contributed by atoms with Gasteiger partial charge in [0.15, 0.2) is 0 Å². The second-order valence-electron chi connectivity index (χ2n) is 3.31. The first-order valence-electron chi connectivity index (χ1n) is 4.80. The standard InChI is InChI=1S/C10H16O2S/c1-2-3-4-5-8-6-7-9(13-8)10(11)12/h6-9H,2-5H2,1H3,(H,11,12)/t8-,9-/m1/s1. The number of carboxylic acid groups (broad SMARTS) is 1. The van der Waals surface area contributed by atoms with Crippen molar-refractivity contribution in [2.75, 3.05) is 0 Å². The van der Waals surface area contributed by atoms with Crippen LogP contribution in [0.5, 0.6) is 0 Å². The molecule has 0 fully saturated rings. The van der Waals surface area contributed by atoms with Crippen LogP contribution >= 0.6 is 11.8 Å². The minimum Gasteiger partial charge on any atom is -0.480 e. The maximum atomic E-state index is 10.6. The van der Waals surface area contributed by atoms with Gasteiger partial charge in [-0.25, -0.2) is 0 Å². The van der Waals surface area contributed by atoms with E-state index in [-0.39, 0.29) is 5.25 Å². The van der Waals surface area contributed by atoms with Gasteiger partial charge in [0.05, 0.1) is 0 Å². The molecular weight excluding hydrogens is 184 g/mol. The van der Waals surface area contributed by atoms with Crippen molar-refractivity contribution in [3.05, 3.63) is 12.2 Å². The lowest BCUT2D eigenvalue weighted by molar-refractivity contribution is -0.135. The monoisotopic (exact) mass is 200 g/mol. The number of unbranched alkanes of at least 4 members (excludes halogenated alkanes) is 2. The second-order valence-corrected chi connectivity index (χ2v) is 4.70. The summed E-state index contributed by atoms with van der Waals surface area (Å²) in [7, 11) is 0. The number of rotatable bonds is 5. The van der Waals surface area contributed by atoms with Gasteiger partial charge in [-0.3, -0.25) is 4.79 Å². The highest BCUT2D eigenvalue weighted by molar-refractivity contribution is 8.01. The molecule has 3 heteroatoms. The van der Waals surface area contributed by atoms with Crippen molar-refractivity contribution in [2.24, 2.45) is 0 Å². The van der Waals surface area contributed by atoms with E-state index in [9.17, 15) is 4.79 Å². The van der Waals surface area contributed by atoms with E-state index < -0.39 is 5.97 Å². The molecule has 2 atom stereocenters. The zero-order chi connectivity index (χ0) is 9.68. The molecule has 2 nitrogen and oxygen atoms in total. The molecule has 0 aromatic rings. The number of thioether (sulfide) groups is 1. The highest BCUT2D eigenvalue weighted by atomic mass is 32.2.